The molecule has 0 atom stereocenters. The maximum Gasteiger partial charge on any atom is 0.199 e. The summed E-state index contributed by atoms with van der Waals surface area (Å²) in [4.78, 5) is 11.3. The van der Waals surface area contributed by atoms with Gasteiger partial charge in [-0.25, -0.2) is 0 Å². The lowest BCUT2D eigenvalue weighted by Crippen LogP contribution is -2.15. The molecule has 0 aromatic carbocycles. The van der Waals surface area contributed by atoms with Crippen molar-refractivity contribution in [3.8, 4) is 0 Å². The Kier molecular flexibility index (Phi) is 5.55. The molecule has 0 saturated carbocycles. The SMILES string of the molecule is CC/C=C\C(=O)/C(Cl)=C/OC(C)(C)C. The molecule has 14 heavy (non-hydrogen) atoms. The fourth-order valence-electron chi connectivity index (χ4n) is 0.591. The number of rotatable bonds is 4. The molecule has 3 heteroatoms. The zero-order chi connectivity index (χ0) is 11.2. The van der Waals surface area contributed by atoms with Crippen molar-refractivity contribution in [2.45, 2.75) is 39.7 Å². The zero-order valence-electron chi connectivity index (χ0n) is 9.13. The second-order valence-corrected chi connectivity index (χ2v) is 4.28. The van der Waals surface area contributed by atoms with E-state index in [1.54, 1.807) is 6.08 Å². The lowest BCUT2D eigenvalue weighted by molar-refractivity contribution is -0.111. The Morgan fingerprint density at radius 1 is 1.43 bits per heavy atom. The molecule has 2 nitrogen and oxygen atoms in total. The summed E-state index contributed by atoms with van der Waals surface area (Å²) in [5.41, 5.74) is -0.325. The Balaban J connectivity index is 4.25. The normalized spacial score (nSPS) is 13.4. The van der Waals surface area contributed by atoms with Crippen LogP contribution in [0.1, 0.15) is 34.1 Å². The molecule has 0 aliphatic rings. The maximum absolute atomic E-state index is 11.3. The standard InChI is InChI=1S/C11H17ClO2/c1-5-6-7-10(13)9(12)8-14-11(2,3)4/h6-8H,5H2,1-4H3/b7-6-,9-8-. The molecule has 0 aliphatic carbocycles. The highest BCUT2D eigenvalue weighted by atomic mass is 35.5. The van der Waals surface area contributed by atoms with E-state index in [4.69, 9.17) is 16.3 Å². The van der Waals surface area contributed by atoms with E-state index in [0.717, 1.165) is 6.42 Å². The third kappa shape index (κ3) is 6.72. The van der Waals surface area contributed by atoms with Crippen molar-refractivity contribution in [1.82, 2.24) is 0 Å². The molecule has 0 fully saturated rings. The average molecular weight is 217 g/mol. The predicted molar refractivity (Wildman–Crippen MR) is 59.2 cm³/mol. The smallest absolute Gasteiger partial charge is 0.199 e. The fraction of sp³-hybridized carbons (Fsp3) is 0.545. The van der Waals surface area contributed by atoms with Gasteiger partial charge in [0.2, 0.25) is 0 Å². The number of allylic oxidation sites excluding steroid dienone is 3. The molecule has 0 aliphatic heterocycles. The molecular formula is C11H17ClO2. The minimum atomic E-state index is -0.325. The van der Waals surface area contributed by atoms with Gasteiger partial charge in [0.25, 0.3) is 0 Å². The second-order valence-electron chi connectivity index (χ2n) is 3.87. The Labute approximate surface area is 90.6 Å². The van der Waals surface area contributed by atoms with Crippen LogP contribution in [0.25, 0.3) is 0 Å². The van der Waals surface area contributed by atoms with Crippen LogP contribution < -0.4 is 0 Å². The number of carbonyl (C=O) groups is 1. The molecular weight excluding hydrogens is 200 g/mol. The molecule has 0 unspecified atom stereocenters. The number of ether oxygens (including phenoxy) is 1. The highest BCUT2D eigenvalue weighted by molar-refractivity contribution is 6.44. The predicted octanol–water partition coefficient (Wildman–Crippen LogP) is 3.42. The van der Waals surface area contributed by atoms with E-state index in [1.165, 1.54) is 12.3 Å². The monoisotopic (exact) mass is 216 g/mol. The van der Waals surface area contributed by atoms with Crippen LogP contribution in [0.3, 0.4) is 0 Å². The number of halogens is 1. The molecule has 0 aromatic rings. The first-order valence-electron chi connectivity index (χ1n) is 4.61. The van der Waals surface area contributed by atoms with Gasteiger partial charge >= 0.3 is 0 Å². The first kappa shape index (κ1) is 13.2. The van der Waals surface area contributed by atoms with Crippen molar-refractivity contribution >= 4 is 17.4 Å². The highest BCUT2D eigenvalue weighted by Gasteiger charge is 2.10. The van der Waals surface area contributed by atoms with Crippen LogP contribution in [-0.2, 0) is 9.53 Å². The van der Waals surface area contributed by atoms with Crippen LogP contribution >= 0.6 is 11.6 Å². The van der Waals surface area contributed by atoms with Crippen LogP contribution in [0.5, 0.6) is 0 Å². The number of carbonyl (C=O) groups excluding carboxylic acids is 1. The summed E-state index contributed by atoms with van der Waals surface area (Å²) in [5.74, 6) is -0.224. The summed E-state index contributed by atoms with van der Waals surface area (Å²) >= 11 is 5.71. The van der Waals surface area contributed by atoms with E-state index in [-0.39, 0.29) is 16.4 Å². The average Bonchev–Trinajstić information content (AvgIpc) is 2.09. The highest BCUT2D eigenvalue weighted by Crippen LogP contribution is 2.12. The largest absolute Gasteiger partial charge is 0.494 e. The van der Waals surface area contributed by atoms with Gasteiger partial charge in [0.05, 0.1) is 5.60 Å². The van der Waals surface area contributed by atoms with Gasteiger partial charge in [0.15, 0.2) is 5.78 Å². The van der Waals surface area contributed by atoms with Crippen LogP contribution in [-0.4, -0.2) is 11.4 Å². The van der Waals surface area contributed by atoms with Crippen molar-refractivity contribution in [2.75, 3.05) is 0 Å². The lowest BCUT2D eigenvalue weighted by atomic mass is 10.2. The van der Waals surface area contributed by atoms with Crippen molar-refractivity contribution < 1.29 is 9.53 Å². The quantitative estimate of drug-likeness (QED) is 0.532. The van der Waals surface area contributed by atoms with Gasteiger partial charge in [-0.1, -0.05) is 24.6 Å². The molecule has 0 spiro atoms. The minimum Gasteiger partial charge on any atom is -0.494 e. The fourth-order valence-corrected chi connectivity index (χ4v) is 0.699. The van der Waals surface area contributed by atoms with Crippen LogP contribution in [0, 0.1) is 0 Å². The Morgan fingerprint density at radius 2 is 2.00 bits per heavy atom. The van der Waals surface area contributed by atoms with E-state index in [9.17, 15) is 4.79 Å². The molecule has 0 aromatic heterocycles. The molecule has 0 amide bonds. The van der Waals surface area contributed by atoms with Crippen molar-refractivity contribution in [3.63, 3.8) is 0 Å². The topological polar surface area (TPSA) is 26.3 Å². The Hall–Kier alpha value is -0.760. The summed E-state index contributed by atoms with van der Waals surface area (Å²) < 4.78 is 5.24. The maximum atomic E-state index is 11.3. The van der Waals surface area contributed by atoms with E-state index < -0.39 is 0 Å². The van der Waals surface area contributed by atoms with Crippen LogP contribution in [0.15, 0.2) is 23.4 Å². The first-order valence-corrected chi connectivity index (χ1v) is 4.99. The zero-order valence-corrected chi connectivity index (χ0v) is 9.89. The van der Waals surface area contributed by atoms with Crippen LogP contribution in [0.4, 0.5) is 0 Å². The van der Waals surface area contributed by atoms with Gasteiger partial charge in [0, 0.05) is 0 Å². The van der Waals surface area contributed by atoms with Crippen molar-refractivity contribution in [2.24, 2.45) is 0 Å². The van der Waals surface area contributed by atoms with Gasteiger partial charge in [-0.2, -0.15) is 0 Å². The summed E-state index contributed by atoms with van der Waals surface area (Å²) in [6.07, 6.45) is 5.32. The molecule has 0 N–H and O–H groups in total. The van der Waals surface area contributed by atoms with Gasteiger partial charge < -0.3 is 4.74 Å². The van der Waals surface area contributed by atoms with Gasteiger partial charge in [-0.05, 0) is 33.3 Å². The number of ketones is 1. The summed E-state index contributed by atoms with van der Waals surface area (Å²) in [7, 11) is 0. The molecule has 0 heterocycles. The first-order chi connectivity index (χ1) is 6.37. The second kappa shape index (κ2) is 5.86. The minimum absolute atomic E-state index is 0.102. The number of hydrogen-bond acceptors (Lipinski definition) is 2. The molecule has 80 valence electrons. The van der Waals surface area contributed by atoms with Gasteiger partial charge in [0.1, 0.15) is 11.3 Å². The van der Waals surface area contributed by atoms with Crippen LogP contribution in [0.2, 0.25) is 0 Å². The van der Waals surface area contributed by atoms with Gasteiger partial charge in [-0.15, -0.1) is 0 Å². The van der Waals surface area contributed by atoms with Gasteiger partial charge in [-0.3, -0.25) is 4.79 Å². The summed E-state index contributed by atoms with van der Waals surface area (Å²) in [6.45, 7) is 7.62. The summed E-state index contributed by atoms with van der Waals surface area (Å²) in [6, 6.07) is 0. The van der Waals surface area contributed by atoms with E-state index in [2.05, 4.69) is 0 Å². The number of hydrogen-bond donors (Lipinski definition) is 0. The van der Waals surface area contributed by atoms with E-state index in [1.807, 2.05) is 27.7 Å². The molecule has 0 bridgehead atoms. The Bertz CT molecular complexity index is 247. The third-order valence-electron chi connectivity index (χ3n) is 1.26. The van der Waals surface area contributed by atoms with E-state index in [0.29, 0.717) is 0 Å². The van der Waals surface area contributed by atoms with E-state index >= 15 is 0 Å². The lowest BCUT2D eigenvalue weighted by Gasteiger charge is -2.17. The van der Waals surface area contributed by atoms with Crippen molar-refractivity contribution in [1.29, 1.82) is 0 Å². The summed E-state index contributed by atoms with van der Waals surface area (Å²) in [5, 5.41) is 0.102. The third-order valence-corrected chi connectivity index (χ3v) is 1.53. The molecule has 0 radical (unpaired) electrons. The molecule has 0 saturated heterocycles. The van der Waals surface area contributed by atoms with Crippen molar-refractivity contribution in [3.05, 3.63) is 23.4 Å². The Morgan fingerprint density at radius 3 is 2.43 bits per heavy atom. The molecule has 0 rings (SSSR count).